The Morgan fingerprint density at radius 1 is 1.42 bits per heavy atom. The van der Waals surface area contributed by atoms with Gasteiger partial charge < -0.3 is 5.32 Å². The maximum Gasteiger partial charge on any atom is 0.0545 e. The van der Waals surface area contributed by atoms with E-state index in [0.717, 1.165) is 31.1 Å². The summed E-state index contributed by atoms with van der Waals surface area (Å²) in [6.45, 7) is 5.50. The second-order valence-electron chi connectivity index (χ2n) is 4.99. The quantitative estimate of drug-likeness (QED) is 0.655. The molecule has 0 radical (unpaired) electrons. The van der Waals surface area contributed by atoms with Crippen molar-refractivity contribution in [2.75, 3.05) is 31.1 Å². The Balaban J connectivity index is 1.97. The molecule has 2 rings (SSSR count). The third-order valence-corrected chi connectivity index (χ3v) is 4.34. The fraction of sp³-hybridized carbons (Fsp3) is 0.500. The Morgan fingerprint density at radius 2 is 2.21 bits per heavy atom. The first-order valence-corrected chi connectivity index (χ1v) is 8.00. The number of nitrogens with one attached hydrogen (secondary N) is 1. The molecule has 1 aromatic rings. The van der Waals surface area contributed by atoms with Gasteiger partial charge in [0.1, 0.15) is 0 Å². The van der Waals surface area contributed by atoms with Gasteiger partial charge in [-0.2, -0.15) is 0 Å². The van der Waals surface area contributed by atoms with Crippen LogP contribution in [0.2, 0.25) is 0 Å². The molecule has 1 N–H and O–H groups in total. The average Bonchev–Trinajstić information content (AvgIpc) is 2.45. The monoisotopic (exact) mass is 274 g/mol. The molecule has 1 aliphatic heterocycles. The lowest BCUT2D eigenvalue weighted by Gasteiger charge is -2.39. The van der Waals surface area contributed by atoms with E-state index in [-0.39, 0.29) is 0 Å². The Labute approximate surface area is 121 Å². The maximum absolute atomic E-state index is 5.29. The number of hydrogen-bond acceptors (Lipinski definition) is 3. The molecule has 0 aromatic heterocycles. The first-order chi connectivity index (χ1) is 9.31. The first kappa shape index (κ1) is 14.5. The minimum atomic E-state index is 0.490. The van der Waals surface area contributed by atoms with Crippen molar-refractivity contribution in [3.05, 3.63) is 35.9 Å². The van der Waals surface area contributed by atoms with E-state index < -0.39 is 0 Å². The largest absolute Gasteiger partial charge is 0.311 e. The molecule has 19 heavy (non-hydrogen) atoms. The van der Waals surface area contributed by atoms with E-state index in [0.29, 0.717) is 12.1 Å². The summed E-state index contributed by atoms with van der Waals surface area (Å²) in [5.74, 6) is 4.62. The lowest BCUT2D eigenvalue weighted by Crippen LogP contribution is -2.51. The molecule has 2 atom stereocenters. The van der Waals surface area contributed by atoms with Gasteiger partial charge in [0, 0.05) is 37.5 Å². The number of thioether (sulfide) groups is 1. The molecule has 2 unspecified atom stereocenters. The third-order valence-electron chi connectivity index (χ3n) is 3.50. The first-order valence-electron chi connectivity index (χ1n) is 6.85. The summed E-state index contributed by atoms with van der Waals surface area (Å²) in [6, 6.07) is 11.8. The summed E-state index contributed by atoms with van der Waals surface area (Å²) < 4.78 is 0. The molecule has 0 aliphatic carbocycles. The van der Waals surface area contributed by atoms with E-state index in [2.05, 4.69) is 53.4 Å². The normalized spacial score (nSPS) is 24.0. The van der Waals surface area contributed by atoms with Crippen molar-refractivity contribution in [1.82, 2.24) is 10.2 Å². The van der Waals surface area contributed by atoms with Crippen LogP contribution in [0, 0.1) is 12.3 Å². The molecule has 102 valence electrons. The number of nitrogens with zero attached hydrogens (tertiary/aromatic N) is 1. The minimum absolute atomic E-state index is 0.490. The molecule has 2 nitrogen and oxygen atoms in total. The van der Waals surface area contributed by atoms with Gasteiger partial charge in [-0.15, -0.1) is 18.2 Å². The molecular formula is C16H22N2S. The SMILES string of the molecule is C#CCSCCN1CC(C)NCC1c1ccccc1. The maximum atomic E-state index is 5.29. The van der Waals surface area contributed by atoms with Crippen molar-refractivity contribution in [2.24, 2.45) is 0 Å². The van der Waals surface area contributed by atoms with Crippen molar-refractivity contribution in [1.29, 1.82) is 0 Å². The van der Waals surface area contributed by atoms with Crippen molar-refractivity contribution < 1.29 is 0 Å². The Hall–Kier alpha value is -0.950. The highest BCUT2D eigenvalue weighted by Gasteiger charge is 2.26. The van der Waals surface area contributed by atoms with Crippen LogP contribution in [-0.4, -0.2) is 42.1 Å². The molecule has 1 fully saturated rings. The van der Waals surface area contributed by atoms with Crippen molar-refractivity contribution >= 4 is 11.8 Å². The number of hydrogen-bond donors (Lipinski definition) is 1. The van der Waals surface area contributed by atoms with Gasteiger partial charge in [-0.1, -0.05) is 36.3 Å². The summed E-state index contributed by atoms with van der Waals surface area (Å²) >= 11 is 1.85. The Morgan fingerprint density at radius 3 is 2.95 bits per heavy atom. The molecular weight excluding hydrogens is 252 g/mol. The van der Waals surface area contributed by atoms with Gasteiger partial charge in [0.25, 0.3) is 0 Å². The fourth-order valence-corrected chi connectivity index (χ4v) is 3.18. The van der Waals surface area contributed by atoms with Gasteiger partial charge in [-0.3, -0.25) is 4.90 Å². The van der Waals surface area contributed by atoms with Gasteiger partial charge >= 0.3 is 0 Å². The second-order valence-corrected chi connectivity index (χ2v) is 6.09. The van der Waals surface area contributed by atoms with Gasteiger partial charge in [0.05, 0.1) is 5.75 Å². The molecule has 0 spiro atoms. The summed E-state index contributed by atoms with van der Waals surface area (Å²) in [5.41, 5.74) is 1.41. The summed E-state index contributed by atoms with van der Waals surface area (Å²) in [5, 5.41) is 3.58. The lowest BCUT2D eigenvalue weighted by atomic mass is 10.0. The van der Waals surface area contributed by atoms with Crippen molar-refractivity contribution in [3.8, 4) is 12.3 Å². The topological polar surface area (TPSA) is 15.3 Å². The van der Waals surface area contributed by atoms with Crippen molar-refractivity contribution in [2.45, 2.75) is 19.0 Å². The molecule has 1 aliphatic rings. The summed E-state index contributed by atoms with van der Waals surface area (Å²) in [7, 11) is 0. The fourth-order valence-electron chi connectivity index (χ4n) is 2.55. The molecule has 3 heteroatoms. The number of terminal acetylenes is 1. The van der Waals surface area contributed by atoms with Gasteiger partial charge in [0.2, 0.25) is 0 Å². The van der Waals surface area contributed by atoms with E-state index in [4.69, 9.17) is 6.42 Å². The zero-order chi connectivity index (χ0) is 13.5. The number of piperazine rings is 1. The average molecular weight is 274 g/mol. The van der Waals surface area contributed by atoms with Gasteiger partial charge in [-0.25, -0.2) is 0 Å². The smallest absolute Gasteiger partial charge is 0.0545 e. The predicted octanol–water partition coefficient (Wildman–Crippen LogP) is 2.39. The summed E-state index contributed by atoms with van der Waals surface area (Å²) in [4.78, 5) is 2.58. The molecule has 1 saturated heterocycles. The molecule has 1 aromatic carbocycles. The van der Waals surface area contributed by atoms with Gasteiger partial charge in [0.15, 0.2) is 0 Å². The number of benzene rings is 1. The van der Waals surface area contributed by atoms with Crippen LogP contribution in [0.15, 0.2) is 30.3 Å². The van der Waals surface area contributed by atoms with Crippen LogP contribution in [0.1, 0.15) is 18.5 Å². The van der Waals surface area contributed by atoms with Crippen LogP contribution in [0.3, 0.4) is 0 Å². The second kappa shape index (κ2) is 7.59. The van der Waals surface area contributed by atoms with Crippen LogP contribution < -0.4 is 5.32 Å². The van der Waals surface area contributed by atoms with Crippen LogP contribution in [0.5, 0.6) is 0 Å². The Kier molecular flexibility index (Phi) is 5.78. The van der Waals surface area contributed by atoms with E-state index in [1.54, 1.807) is 0 Å². The zero-order valence-corrected chi connectivity index (χ0v) is 12.3. The highest BCUT2D eigenvalue weighted by atomic mass is 32.2. The van der Waals surface area contributed by atoms with Crippen LogP contribution in [0.4, 0.5) is 0 Å². The van der Waals surface area contributed by atoms with Crippen molar-refractivity contribution in [3.63, 3.8) is 0 Å². The van der Waals surface area contributed by atoms with Gasteiger partial charge in [-0.05, 0) is 12.5 Å². The highest BCUT2D eigenvalue weighted by molar-refractivity contribution is 7.99. The molecule has 1 heterocycles. The van der Waals surface area contributed by atoms with E-state index in [9.17, 15) is 0 Å². The van der Waals surface area contributed by atoms with Crippen LogP contribution in [0.25, 0.3) is 0 Å². The summed E-state index contributed by atoms with van der Waals surface area (Å²) in [6.07, 6.45) is 5.29. The lowest BCUT2D eigenvalue weighted by molar-refractivity contribution is 0.144. The zero-order valence-electron chi connectivity index (χ0n) is 11.5. The van der Waals surface area contributed by atoms with E-state index in [1.807, 2.05) is 11.8 Å². The van der Waals surface area contributed by atoms with E-state index >= 15 is 0 Å². The number of rotatable bonds is 5. The van der Waals surface area contributed by atoms with Crippen LogP contribution >= 0.6 is 11.8 Å². The Bertz CT molecular complexity index is 413. The third kappa shape index (κ3) is 4.28. The predicted molar refractivity (Wildman–Crippen MR) is 84.4 cm³/mol. The standard InChI is InChI=1S/C16H22N2S/c1-3-10-19-11-9-18-13-14(2)17-12-16(18)15-7-5-4-6-8-15/h1,4-8,14,16-17H,9-13H2,2H3. The minimum Gasteiger partial charge on any atom is -0.311 e. The molecule has 0 bridgehead atoms. The highest BCUT2D eigenvalue weighted by Crippen LogP contribution is 2.23. The van der Waals surface area contributed by atoms with Crippen LogP contribution in [-0.2, 0) is 0 Å². The molecule has 0 saturated carbocycles. The van der Waals surface area contributed by atoms with E-state index in [1.165, 1.54) is 5.56 Å². The molecule has 0 amide bonds.